The summed E-state index contributed by atoms with van der Waals surface area (Å²) in [5, 5.41) is 3.83. The van der Waals surface area contributed by atoms with Crippen molar-refractivity contribution in [2.75, 3.05) is 6.54 Å². The fraction of sp³-hybridized carbons (Fsp3) is 0.700. The van der Waals surface area contributed by atoms with Crippen molar-refractivity contribution in [3.8, 4) is 0 Å². The summed E-state index contributed by atoms with van der Waals surface area (Å²) in [5.74, 6) is 0.748. The van der Waals surface area contributed by atoms with Gasteiger partial charge in [0.1, 0.15) is 0 Å². The highest BCUT2D eigenvalue weighted by molar-refractivity contribution is 5.38. The Morgan fingerprint density at radius 2 is 1.57 bits per heavy atom. The average molecular weight is 290 g/mol. The molecule has 0 saturated carbocycles. The molecule has 0 amide bonds. The predicted molar refractivity (Wildman–Crippen MR) is 95.0 cm³/mol. The Morgan fingerprint density at radius 3 is 2.14 bits per heavy atom. The maximum absolute atomic E-state index is 3.83. The Kier molecular flexibility index (Phi) is 8.03. The van der Waals surface area contributed by atoms with Gasteiger partial charge >= 0.3 is 0 Å². The Hall–Kier alpha value is -0.820. The molecule has 1 heteroatoms. The van der Waals surface area contributed by atoms with Gasteiger partial charge in [0.05, 0.1) is 0 Å². The Morgan fingerprint density at radius 1 is 0.905 bits per heavy atom. The Balaban J connectivity index is 3.07. The minimum atomic E-state index is 0.515. The van der Waals surface area contributed by atoms with Crippen molar-refractivity contribution in [3.63, 3.8) is 0 Å². The van der Waals surface area contributed by atoms with E-state index in [0.29, 0.717) is 6.04 Å². The van der Waals surface area contributed by atoms with E-state index >= 15 is 0 Å². The van der Waals surface area contributed by atoms with Crippen molar-refractivity contribution in [2.24, 2.45) is 5.92 Å². The molecule has 2 atom stereocenters. The third-order valence-corrected chi connectivity index (χ3v) is 4.76. The minimum Gasteiger partial charge on any atom is -0.310 e. The van der Waals surface area contributed by atoms with Gasteiger partial charge in [0.25, 0.3) is 0 Å². The molecule has 0 aliphatic rings. The lowest BCUT2D eigenvalue weighted by molar-refractivity contribution is 0.322. The van der Waals surface area contributed by atoms with Gasteiger partial charge in [-0.2, -0.15) is 0 Å². The topological polar surface area (TPSA) is 12.0 Å². The molecule has 0 spiro atoms. The molecular formula is C20H35N. The maximum Gasteiger partial charge on any atom is 0.0351 e. The number of aryl methyl sites for hydroxylation is 3. The van der Waals surface area contributed by atoms with Crippen LogP contribution in [-0.2, 0) is 0 Å². The largest absolute Gasteiger partial charge is 0.310 e. The number of unbranched alkanes of at least 4 members (excludes halogenated alkanes) is 1. The lowest BCUT2D eigenvalue weighted by Gasteiger charge is -2.30. The van der Waals surface area contributed by atoms with Crippen LogP contribution in [0, 0.1) is 26.7 Å². The molecule has 0 heterocycles. The van der Waals surface area contributed by atoms with Gasteiger partial charge in [-0.05, 0) is 68.3 Å². The van der Waals surface area contributed by atoms with Crippen LogP contribution in [0.3, 0.4) is 0 Å². The number of hydrogen-bond donors (Lipinski definition) is 1. The molecule has 2 unspecified atom stereocenters. The van der Waals surface area contributed by atoms with Gasteiger partial charge < -0.3 is 5.32 Å². The van der Waals surface area contributed by atoms with Gasteiger partial charge in [0.2, 0.25) is 0 Å². The number of rotatable bonds is 9. The monoisotopic (exact) mass is 289 g/mol. The summed E-state index contributed by atoms with van der Waals surface area (Å²) in [4.78, 5) is 0. The summed E-state index contributed by atoms with van der Waals surface area (Å²) in [6.45, 7) is 14.7. The Labute approximate surface area is 132 Å². The first-order valence-electron chi connectivity index (χ1n) is 8.86. The highest BCUT2D eigenvalue weighted by atomic mass is 14.9. The molecule has 120 valence electrons. The van der Waals surface area contributed by atoms with Gasteiger partial charge in [-0.3, -0.25) is 0 Å². The lowest BCUT2D eigenvalue weighted by Crippen LogP contribution is -2.29. The third-order valence-electron chi connectivity index (χ3n) is 4.76. The summed E-state index contributed by atoms with van der Waals surface area (Å²) in [7, 11) is 0. The van der Waals surface area contributed by atoms with Crippen molar-refractivity contribution >= 4 is 0 Å². The van der Waals surface area contributed by atoms with Crippen LogP contribution in [0.15, 0.2) is 12.1 Å². The van der Waals surface area contributed by atoms with Crippen LogP contribution < -0.4 is 5.32 Å². The smallest absolute Gasteiger partial charge is 0.0351 e. The third kappa shape index (κ3) is 5.14. The molecule has 1 N–H and O–H groups in total. The summed E-state index contributed by atoms with van der Waals surface area (Å²) in [6, 6.07) is 5.30. The standard InChI is InChI=1S/C20H35N/c1-7-10-11-18(9-3)20(21-12-8-2)19-14-16(5)15(4)13-17(19)6/h13-14,18,20-21H,7-12H2,1-6H3. The number of nitrogens with one attached hydrogen (secondary N) is 1. The molecule has 1 aromatic rings. The maximum atomic E-state index is 3.83. The molecule has 0 bridgehead atoms. The van der Waals surface area contributed by atoms with E-state index in [1.807, 2.05) is 0 Å². The lowest BCUT2D eigenvalue weighted by atomic mass is 9.84. The van der Waals surface area contributed by atoms with Crippen molar-refractivity contribution in [2.45, 2.75) is 79.7 Å². The molecule has 1 nitrogen and oxygen atoms in total. The summed E-state index contributed by atoms with van der Waals surface area (Å²) < 4.78 is 0. The second-order valence-corrected chi connectivity index (χ2v) is 6.54. The molecule has 21 heavy (non-hydrogen) atoms. The molecule has 0 saturated heterocycles. The van der Waals surface area contributed by atoms with Crippen LogP contribution in [0.1, 0.15) is 81.2 Å². The molecular weight excluding hydrogens is 254 g/mol. The first-order valence-corrected chi connectivity index (χ1v) is 8.86. The molecule has 0 aliphatic carbocycles. The highest BCUT2D eigenvalue weighted by Gasteiger charge is 2.22. The van der Waals surface area contributed by atoms with E-state index in [1.54, 1.807) is 0 Å². The van der Waals surface area contributed by atoms with Crippen LogP contribution in [0.4, 0.5) is 0 Å². The summed E-state index contributed by atoms with van der Waals surface area (Å²) in [5.41, 5.74) is 5.80. The molecule has 0 aromatic heterocycles. The zero-order chi connectivity index (χ0) is 15.8. The van der Waals surface area contributed by atoms with Crippen LogP contribution in [0.2, 0.25) is 0 Å². The van der Waals surface area contributed by atoms with Gasteiger partial charge in [0.15, 0.2) is 0 Å². The highest BCUT2D eigenvalue weighted by Crippen LogP contribution is 2.32. The normalized spacial score (nSPS) is 14.2. The fourth-order valence-electron chi connectivity index (χ4n) is 3.22. The first kappa shape index (κ1) is 18.2. The second kappa shape index (κ2) is 9.25. The van der Waals surface area contributed by atoms with Crippen molar-refractivity contribution in [1.82, 2.24) is 5.32 Å². The van der Waals surface area contributed by atoms with Crippen LogP contribution in [0.5, 0.6) is 0 Å². The quantitative estimate of drug-likeness (QED) is 0.599. The van der Waals surface area contributed by atoms with Crippen molar-refractivity contribution in [3.05, 3.63) is 34.4 Å². The van der Waals surface area contributed by atoms with Crippen LogP contribution >= 0.6 is 0 Å². The van der Waals surface area contributed by atoms with E-state index in [9.17, 15) is 0 Å². The van der Waals surface area contributed by atoms with E-state index < -0.39 is 0 Å². The molecule has 0 fully saturated rings. The minimum absolute atomic E-state index is 0.515. The van der Waals surface area contributed by atoms with Gasteiger partial charge in [-0.1, -0.05) is 52.2 Å². The zero-order valence-corrected chi connectivity index (χ0v) is 15.1. The van der Waals surface area contributed by atoms with E-state index in [-0.39, 0.29) is 0 Å². The molecule has 1 rings (SSSR count). The molecule has 0 aliphatic heterocycles. The van der Waals surface area contributed by atoms with E-state index in [2.05, 4.69) is 59.0 Å². The zero-order valence-electron chi connectivity index (χ0n) is 15.1. The van der Waals surface area contributed by atoms with Gasteiger partial charge in [-0.25, -0.2) is 0 Å². The first-order chi connectivity index (χ1) is 10.0. The predicted octanol–water partition coefficient (Wildman–Crippen LogP) is 5.87. The van der Waals surface area contributed by atoms with Gasteiger partial charge in [0, 0.05) is 6.04 Å². The van der Waals surface area contributed by atoms with Crippen molar-refractivity contribution < 1.29 is 0 Å². The number of benzene rings is 1. The molecule has 1 aromatic carbocycles. The average Bonchev–Trinajstić information content (AvgIpc) is 2.47. The van der Waals surface area contributed by atoms with E-state index in [0.717, 1.165) is 12.5 Å². The summed E-state index contributed by atoms with van der Waals surface area (Å²) >= 11 is 0. The van der Waals surface area contributed by atoms with Crippen LogP contribution in [0.25, 0.3) is 0 Å². The molecule has 0 radical (unpaired) electrons. The van der Waals surface area contributed by atoms with Gasteiger partial charge in [-0.15, -0.1) is 0 Å². The van der Waals surface area contributed by atoms with E-state index in [4.69, 9.17) is 0 Å². The van der Waals surface area contributed by atoms with Crippen molar-refractivity contribution in [1.29, 1.82) is 0 Å². The van der Waals surface area contributed by atoms with Crippen LogP contribution in [-0.4, -0.2) is 6.54 Å². The second-order valence-electron chi connectivity index (χ2n) is 6.54. The van der Waals surface area contributed by atoms with E-state index in [1.165, 1.54) is 54.4 Å². The fourth-order valence-corrected chi connectivity index (χ4v) is 3.22. The number of hydrogen-bond acceptors (Lipinski definition) is 1. The summed E-state index contributed by atoms with van der Waals surface area (Å²) in [6.07, 6.45) is 6.43. The SMILES string of the molecule is CCCCC(CC)C(NCCC)c1cc(C)c(C)cc1C. The Bertz CT molecular complexity index is 422.